The van der Waals surface area contributed by atoms with Crippen molar-refractivity contribution in [3.8, 4) is 0 Å². The Morgan fingerprint density at radius 2 is 2.05 bits per heavy atom. The number of hydrogen-bond acceptors (Lipinski definition) is 4. The summed E-state index contributed by atoms with van der Waals surface area (Å²) in [6.45, 7) is 3.18. The van der Waals surface area contributed by atoms with Crippen molar-refractivity contribution in [2.24, 2.45) is 0 Å². The lowest BCUT2D eigenvalue weighted by molar-refractivity contribution is -0.131. The summed E-state index contributed by atoms with van der Waals surface area (Å²) in [6.07, 6.45) is 0. The van der Waals surface area contributed by atoms with E-state index in [1.54, 1.807) is 0 Å². The van der Waals surface area contributed by atoms with Crippen LogP contribution < -0.4 is 11.1 Å². The summed E-state index contributed by atoms with van der Waals surface area (Å²) in [4.78, 5) is 11.3. The van der Waals surface area contributed by atoms with E-state index in [1.807, 2.05) is 0 Å². The third-order valence-electron chi connectivity index (χ3n) is 3.36. The van der Waals surface area contributed by atoms with Crippen LogP contribution in [-0.2, 0) is 14.8 Å². The van der Waals surface area contributed by atoms with Crippen molar-refractivity contribution in [2.75, 3.05) is 18.8 Å². The van der Waals surface area contributed by atoms with Gasteiger partial charge in [0.2, 0.25) is 15.9 Å². The van der Waals surface area contributed by atoms with Gasteiger partial charge in [0.25, 0.3) is 0 Å². The molecular formula is C12H15BrFN3O3S. The first-order valence-corrected chi connectivity index (χ1v) is 8.37. The SMILES string of the molecule is CC1(C)C(=O)NCCN1S(=O)(=O)c1cc(N)cc(Br)c1F. The first kappa shape index (κ1) is 16.2. The van der Waals surface area contributed by atoms with Crippen LogP contribution in [0, 0.1) is 5.82 Å². The van der Waals surface area contributed by atoms with Gasteiger partial charge in [-0.3, -0.25) is 4.79 Å². The van der Waals surface area contributed by atoms with E-state index in [-0.39, 0.29) is 23.2 Å². The molecular weight excluding hydrogens is 365 g/mol. The van der Waals surface area contributed by atoms with Crippen molar-refractivity contribution in [2.45, 2.75) is 24.3 Å². The van der Waals surface area contributed by atoms with Crippen LogP contribution in [0.5, 0.6) is 0 Å². The van der Waals surface area contributed by atoms with Crippen LogP contribution in [0.15, 0.2) is 21.5 Å². The summed E-state index contributed by atoms with van der Waals surface area (Å²) in [7, 11) is -4.19. The zero-order valence-corrected chi connectivity index (χ0v) is 13.9. The predicted octanol–water partition coefficient (Wildman–Crippen LogP) is 1.07. The quantitative estimate of drug-likeness (QED) is 0.751. The molecule has 116 valence electrons. The number of sulfonamides is 1. The Labute approximate surface area is 130 Å². The van der Waals surface area contributed by atoms with Crippen LogP contribution in [0.1, 0.15) is 13.8 Å². The van der Waals surface area contributed by atoms with Crippen molar-refractivity contribution in [3.05, 3.63) is 22.4 Å². The molecule has 2 rings (SSSR count). The fourth-order valence-electron chi connectivity index (χ4n) is 2.19. The van der Waals surface area contributed by atoms with Gasteiger partial charge in [0.15, 0.2) is 5.82 Å². The number of halogens is 2. The van der Waals surface area contributed by atoms with E-state index in [0.29, 0.717) is 0 Å². The van der Waals surface area contributed by atoms with Crippen LogP contribution in [-0.4, -0.2) is 37.3 Å². The predicted molar refractivity (Wildman–Crippen MR) is 79.5 cm³/mol. The fraction of sp³-hybridized carbons (Fsp3) is 0.417. The maximum atomic E-state index is 14.2. The number of rotatable bonds is 2. The number of hydrogen-bond donors (Lipinski definition) is 2. The number of carbonyl (C=O) groups is 1. The van der Waals surface area contributed by atoms with Gasteiger partial charge in [0, 0.05) is 18.8 Å². The standard InChI is InChI=1S/C12H15BrFN3O3S/c1-12(2)11(18)16-3-4-17(12)21(19,20)9-6-7(15)5-8(13)10(9)14/h5-6H,3-4,15H2,1-2H3,(H,16,18). The maximum absolute atomic E-state index is 14.2. The normalized spacial score (nSPS) is 19.3. The molecule has 3 N–H and O–H groups in total. The summed E-state index contributed by atoms with van der Waals surface area (Å²) in [5.74, 6) is -1.35. The van der Waals surface area contributed by atoms with E-state index in [4.69, 9.17) is 5.73 Å². The molecule has 1 aromatic carbocycles. The Kier molecular flexibility index (Phi) is 4.02. The van der Waals surface area contributed by atoms with Crippen LogP contribution in [0.4, 0.5) is 10.1 Å². The van der Waals surface area contributed by atoms with Gasteiger partial charge in [-0.05, 0) is 41.9 Å². The Balaban J connectivity index is 2.60. The molecule has 1 amide bonds. The number of amides is 1. The highest BCUT2D eigenvalue weighted by atomic mass is 79.9. The highest BCUT2D eigenvalue weighted by Gasteiger charge is 2.45. The van der Waals surface area contributed by atoms with Crippen molar-refractivity contribution >= 4 is 37.5 Å². The lowest BCUT2D eigenvalue weighted by atomic mass is 10.0. The zero-order chi connectivity index (χ0) is 16.0. The molecule has 6 nitrogen and oxygen atoms in total. The van der Waals surface area contributed by atoms with Gasteiger partial charge >= 0.3 is 0 Å². The lowest BCUT2D eigenvalue weighted by Crippen LogP contribution is -2.63. The maximum Gasteiger partial charge on any atom is 0.247 e. The highest BCUT2D eigenvalue weighted by Crippen LogP contribution is 2.32. The number of nitrogens with one attached hydrogen (secondary N) is 1. The van der Waals surface area contributed by atoms with E-state index in [9.17, 15) is 17.6 Å². The highest BCUT2D eigenvalue weighted by molar-refractivity contribution is 9.10. The molecule has 9 heteroatoms. The number of benzene rings is 1. The Hall–Kier alpha value is -1.19. The van der Waals surface area contributed by atoms with Crippen LogP contribution in [0.3, 0.4) is 0 Å². The Bertz CT molecular complexity index is 706. The molecule has 0 spiro atoms. The van der Waals surface area contributed by atoms with Crippen molar-refractivity contribution in [1.29, 1.82) is 0 Å². The third kappa shape index (κ3) is 2.65. The summed E-state index contributed by atoms with van der Waals surface area (Å²) in [6, 6.07) is 2.33. The molecule has 0 saturated carbocycles. The first-order chi connectivity index (χ1) is 9.58. The number of nitrogen functional groups attached to an aromatic ring is 1. The molecule has 1 fully saturated rings. The second-order valence-corrected chi connectivity index (χ2v) is 7.89. The lowest BCUT2D eigenvalue weighted by Gasteiger charge is -2.39. The monoisotopic (exact) mass is 379 g/mol. The van der Waals surface area contributed by atoms with Gasteiger partial charge in [0.1, 0.15) is 10.4 Å². The van der Waals surface area contributed by atoms with Gasteiger partial charge in [-0.1, -0.05) is 0 Å². The van der Waals surface area contributed by atoms with Gasteiger partial charge in [-0.25, -0.2) is 12.8 Å². The van der Waals surface area contributed by atoms with Crippen molar-refractivity contribution in [3.63, 3.8) is 0 Å². The van der Waals surface area contributed by atoms with E-state index >= 15 is 0 Å². The summed E-state index contributed by atoms with van der Waals surface area (Å²) in [5.41, 5.74) is 4.40. The van der Waals surface area contributed by atoms with Crippen molar-refractivity contribution < 1.29 is 17.6 Å². The number of anilines is 1. The second-order valence-electron chi connectivity index (χ2n) is 5.21. The van der Waals surface area contributed by atoms with E-state index < -0.39 is 32.2 Å². The number of nitrogens with two attached hydrogens (primary N) is 1. The molecule has 1 heterocycles. The van der Waals surface area contributed by atoms with Gasteiger partial charge in [-0.2, -0.15) is 4.31 Å². The fourth-order valence-corrected chi connectivity index (χ4v) is 4.67. The molecule has 1 aliphatic heterocycles. The molecule has 1 aliphatic rings. The molecule has 1 saturated heterocycles. The Morgan fingerprint density at radius 3 is 2.67 bits per heavy atom. The second kappa shape index (κ2) is 5.22. The van der Waals surface area contributed by atoms with Crippen molar-refractivity contribution in [1.82, 2.24) is 9.62 Å². The molecule has 0 atom stereocenters. The first-order valence-electron chi connectivity index (χ1n) is 6.14. The van der Waals surface area contributed by atoms with E-state index in [1.165, 1.54) is 19.9 Å². The molecule has 0 aliphatic carbocycles. The topological polar surface area (TPSA) is 92.5 Å². The number of carbonyl (C=O) groups excluding carboxylic acids is 1. The minimum Gasteiger partial charge on any atom is -0.399 e. The average molecular weight is 380 g/mol. The molecule has 0 unspecified atom stereocenters. The molecule has 1 aromatic rings. The summed E-state index contributed by atoms with van der Waals surface area (Å²) >= 11 is 2.94. The molecule has 0 aromatic heterocycles. The number of nitrogens with zero attached hydrogens (tertiary/aromatic N) is 1. The summed E-state index contributed by atoms with van der Waals surface area (Å²) < 4.78 is 40.5. The van der Waals surface area contributed by atoms with E-state index in [2.05, 4.69) is 21.2 Å². The minimum atomic E-state index is -4.19. The Morgan fingerprint density at radius 1 is 1.43 bits per heavy atom. The molecule has 0 bridgehead atoms. The number of piperazine rings is 1. The van der Waals surface area contributed by atoms with Crippen LogP contribution in [0.25, 0.3) is 0 Å². The smallest absolute Gasteiger partial charge is 0.247 e. The largest absolute Gasteiger partial charge is 0.399 e. The molecule has 0 radical (unpaired) electrons. The molecule has 21 heavy (non-hydrogen) atoms. The van der Waals surface area contributed by atoms with Gasteiger partial charge in [0.05, 0.1) is 4.47 Å². The van der Waals surface area contributed by atoms with Crippen LogP contribution >= 0.6 is 15.9 Å². The third-order valence-corrected chi connectivity index (χ3v) is 6.01. The van der Waals surface area contributed by atoms with Gasteiger partial charge < -0.3 is 11.1 Å². The van der Waals surface area contributed by atoms with Crippen LogP contribution in [0.2, 0.25) is 0 Å². The minimum absolute atomic E-state index is 0.0413. The van der Waals surface area contributed by atoms with E-state index in [0.717, 1.165) is 10.4 Å². The zero-order valence-electron chi connectivity index (χ0n) is 11.5. The summed E-state index contributed by atoms with van der Waals surface area (Å²) in [5, 5.41) is 2.59. The van der Waals surface area contributed by atoms with Gasteiger partial charge in [-0.15, -0.1) is 0 Å². The average Bonchev–Trinajstić information content (AvgIpc) is 2.36.